The summed E-state index contributed by atoms with van der Waals surface area (Å²) < 4.78 is 28.7. The maximum Gasteiger partial charge on any atom is 0.387 e. The van der Waals surface area contributed by atoms with Gasteiger partial charge in [-0.2, -0.15) is 8.78 Å². The number of likely N-dealkylation sites (tertiary alicyclic amines) is 1. The van der Waals surface area contributed by atoms with E-state index in [-0.39, 0.29) is 17.6 Å². The average Bonchev–Trinajstić information content (AvgIpc) is 2.46. The van der Waals surface area contributed by atoms with Crippen molar-refractivity contribution in [1.82, 2.24) is 4.90 Å². The highest BCUT2D eigenvalue weighted by atomic mass is 32.1. The van der Waals surface area contributed by atoms with Gasteiger partial charge in [-0.3, -0.25) is 4.79 Å². The van der Waals surface area contributed by atoms with E-state index in [9.17, 15) is 13.6 Å². The first kappa shape index (κ1) is 15.6. The van der Waals surface area contributed by atoms with Crippen LogP contribution in [0.3, 0.4) is 0 Å². The Morgan fingerprint density at radius 1 is 1.38 bits per heavy atom. The van der Waals surface area contributed by atoms with Crippen molar-refractivity contribution in [3.63, 3.8) is 0 Å². The van der Waals surface area contributed by atoms with Crippen molar-refractivity contribution in [3.05, 3.63) is 29.8 Å². The van der Waals surface area contributed by atoms with Gasteiger partial charge in [0.25, 0.3) is 5.91 Å². The highest BCUT2D eigenvalue weighted by Crippen LogP contribution is 2.21. The lowest BCUT2D eigenvalue weighted by atomic mass is 9.96. The molecule has 1 saturated heterocycles. The van der Waals surface area contributed by atoms with Crippen molar-refractivity contribution >= 4 is 23.1 Å². The first-order valence-electron chi connectivity index (χ1n) is 6.61. The number of thiocarbonyl (C=S) groups is 1. The van der Waals surface area contributed by atoms with Crippen LogP contribution >= 0.6 is 12.2 Å². The third-order valence-electron chi connectivity index (χ3n) is 3.49. The zero-order valence-electron chi connectivity index (χ0n) is 11.3. The minimum absolute atomic E-state index is 0.0196. The fraction of sp³-hybridized carbons (Fsp3) is 0.429. The van der Waals surface area contributed by atoms with Gasteiger partial charge in [0.15, 0.2) is 0 Å². The van der Waals surface area contributed by atoms with Crippen LogP contribution in [0.4, 0.5) is 8.78 Å². The lowest BCUT2D eigenvalue weighted by Crippen LogP contribution is -2.41. The molecule has 2 N–H and O–H groups in total. The van der Waals surface area contributed by atoms with Crippen LogP contribution in [0.15, 0.2) is 24.3 Å². The lowest BCUT2D eigenvalue weighted by Gasteiger charge is -2.31. The second kappa shape index (κ2) is 6.80. The summed E-state index contributed by atoms with van der Waals surface area (Å²) in [5.74, 6) is -0.0532. The monoisotopic (exact) mass is 314 g/mol. The molecule has 4 nitrogen and oxygen atoms in total. The molecule has 1 aromatic rings. The number of nitrogens with two attached hydrogens (primary N) is 1. The molecule has 2 rings (SSSR count). The van der Waals surface area contributed by atoms with Crippen LogP contribution in [0, 0.1) is 5.92 Å². The Morgan fingerprint density at radius 3 is 2.62 bits per heavy atom. The first-order chi connectivity index (χ1) is 9.97. The van der Waals surface area contributed by atoms with Gasteiger partial charge in [-0.05, 0) is 31.0 Å². The molecule has 1 aliphatic heterocycles. The van der Waals surface area contributed by atoms with Crippen molar-refractivity contribution in [2.24, 2.45) is 11.7 Å². The summed E-state index contributed by atoms with van der Waals surface area (Å²) in [7, 11) is 0. The lowest BCUT2D eigenvalue weighted by molar-refractivity contribution is -0.0499. The number of ether oxygens (including phenoxy) is 1. The van der Waals surface area contributed by atoms with Gasteiger partial charge in [-0.25, -0.2) is 0 Å². The summed E-state index contributed by atoms with van der Waals surface area (Å²) in [4.78, 5) is 14.5. The van der Waals surface area contributed by atoms with Crippen LogP contribution < -0.4 is 10.5 Å². The predicted octanol–water partition coefficient (Wildman–Crippen LogP) is 2.43. The van der Waals surface area contributed by atoms with Crippen LogP contribution in [0.2, 0.25) is 0 Å². The third-order valence-corrected chi connectivity index (χ3v) is 3.82. The van der Waals surface area contributed by atoms with Gasteiger partial charge in [-0.1, -0.05) is 18.3 Å². The van der Waals surface area contributed by atoms with E-state index >= 15 is 0 Å². The molecule has 0 unspecified atom stereocenters. The Kier molecular flexibility index (Phi) is 5.06. The standard InChI is InChI=1S/C14H16F2N2O2S/c15-14(16)20-11-3-1-2-10(8-11)13(19)18-6-4-9(5-7-18)12(17)21/h1-3,8-9,14H,4-7H2,(H2,17,21). The molecule has 1 aliphatic rings. The smallest absolute Gasteiger partial charge is 0.387 e. The van der Waals surface area contributed by atoms with Crippen LogP contribution in [-0.4, -0.2) is 35.5 Å². The fourth-order valence-electron chi connectivity index (χ4n) is 2.35. The minimum Gasteiger partial charge on any atom is -0.435 e. The van der Waals surface area contributed by atoms with Gasteiger partial charge in [-0.15, -0.1) is 0 Å². The Labute approximate surface area is 126 Å². The zero-order chi connectivity index (χ0) is 15.4. The van der Waals surface area contributed by atoms with E-state index < -0.39 is 6.61 Å². The van der Waals surface area contributed by atoms with Crippen LogP contribution in [0.5, 0.6) is 5.75 Å². The molecule has 0 aromatic heterocycles. The Hall–Kier alpha value is -1.76. The summed E-state index contributed by atoms with van der Waals surface area (Å²) in [6.07, 6.45) is 1.46. The molecule has 0 spiro atoms. The second-order valence-corrected chi connectivity index (χ2v) is 5.35. The number of halogens is 2. The van der Waals surface area contributed by atoms with Crippen LogP contribution in [0.25, 0.3) is 0 Å². The van der Waals surface area contributed by atoms with Crippen molar-refractivity contribution < 1.29 is 18.3 Å². The van der Waals surface area contributed by atoms with Crippen molar-refractivity contribution in [1.29, 1.82) is 0 Å². The normalized spacial score (nSPS) is 16.0. The van der Waals surface area contributed by atoms with Gasteiger partial charge in [0, 0.05) is 24.6 Å². The van der Waals surface area contributed by atoms with Gasteiger partial charge in [0.2, 0.25) is 0 Å². The number of rotatable bonds is 4. The van der Waals surface area contributed by atoms with E-state index in [0.717, 1.165) is 12.8 Å². The molecule has 0 radical (unpaired) electrons. The maximum atomic E-state index is 12.3. The topological polar surface area (TPSA) is 55.6 Å². The molecule has 1 fully saturated rings. The molecule has 21 heavy (non-hydrogen) atoms. The van der Waals surface area contributed by atoms with Gasteiger partial charge in [0.05, 0.1) is 4.99 Å². The number of hydrogen-bond acceptors (Lipinski definition) is 3. The van der Waals surface area contributed by atoms with E-state index in [1.807, 2.05) is 0 Å². The fourth-order valence-corrected chi connectivity index (χ4v) is 2.59. The number of amides is 1. The van der Waals surface area contributed by atoms with Crippen LogP contribution in [-0.2, 0) is 0 Å². The molecule has 0 atom stereocenters. The van der Waals surface area contributed by atoms with E-state index in [1.165, 1.54) is 18.2 Å². The number of alkyl halides is 2. The van der Waals surface area contributed by atoms with Gasteiger partial charge < -0.3 is 15.4 Å². The maximum absolute atomic E-state index is 12.3. The molecule has 0 bridgehead atoms. The molecule has 1 heterocycles. The Bertz CT molecular complexity index is 531. The summed E-state index contributed by atoms with van der Waals surface area (Å²) in [5.41, 5.74) is 5.94. The van der Waals surface area contributed by atoms with E-state index in [2.05, 4.69) is 4.74 Å². The summed E-state index contributed by atoms with van der Waals surface area (Å²) >= 11 is 4.96. The SMILES string of the molecule is NC(=S)C1CCN(C(=O)c2cccc(OC(F)F)c2)CC1. The number of benzene rings is 1. The van der Waals surface area contributed by atoms with E-state index in [1.54, 1.807) is 11.0 Å². The third kappa shape index (κ3) is 4.10. The zero-order valence-corrected chi connectivity index (χ0v) is 12.1. The molecule has 1 aromatic carbocycles. The van der Waals surface area contributed by atoms with Gasteiger partial charge >= 0.3 is 6.61 Å². The summed E-state index contributed by atoms with van der Waals surface area (Å²) in [5, 5.41) is 0. The molecule has 1 amide bonds. The highest BCUT2D eigenvalue weighted by molar-refractivity contribution is 7.80. The summed E-state index contributed by atoms with van der Waals surface area (Å²) in [6.45, 7) is -1.79. The molecular weight excluding hydrogens is 298 g/mol. The number of carbonyl (C=O) groups is 1. The Balaban J connectivity index is 2.02. The summed E-state index contributed by atoms with van der Waals surface area (Å²) in [6, 6.07) is 5.82. The number of hydrogen-bond donors (Lipinski definition) is 1. The highest BCUT2D eigenvalue weighted by Gasteiger charge is 2.25. The molecule has 7 heteroatoms. The van der Waals surface area contributed by atoms with E-state index in [4.69, 9.17) is 18.0 Å². The quantitative estimate of drug-likeness (QED) is 0.867. The molecule has 114 valence electrons. The Morgan fingerprint density at radius 2 is 2.05 bits per heavy atom. The predicted molar refractivity (Wildman–Crippen MR) is 78.5 cm³/mol. The molecule has 0 aliphatic carbocycles. The molecule has 0 saturated carbocycles. The second-order valence-electron chi connectivity index (χ2n) is 4.88. The molecular formula is C14H16F2N2O2S. The van der Waals surface area contributed by atoms with Gasteiger partial charge in [0.1, 0.15) is 5.75 Å². The first-order valence-corrected chi connectivity index (χ1v) is 7.01. The van der Waals surface area contributed by atoms with Crippen LogP contribution in [0.1, 0.15) is 23.2 Å². The van der Waals surface area contributed by atoms with E-state index in [0.29, 0.717) is 23.6 Å². The number of carbonyl (C=O) groups excluding carboxylic acids is 1. The largest absolute Gasteiger partial charge is 0.435 e. The number of piperidine rings is 1. The minimum atomic E-state index is -2.91. The van der Waals surface area contributed by atoms with Crippen molar-refractivity contribution in [3.8, 4) is 5.75 Å². The van der Waals surface area contributed by atoms with Crippen molar-refractivity contribution in [2.75, 3.05) is 13.1 Å². The number of nitrogens with zero attached hydrogens (tertiary/aromatic N) is 1. The average molecular weight is 314 g/mol. The van der Waals surface area contributed by atoms with Crippen molar-refractivity contribution in [2.45, 2.75) is 19.5 Å².